The number of nitrogens with zero attached hydrogens (tertiary/aromatic N) is 2. The number of fused-ring (bicyclic) bond motifs is 1. The summed E-state index contributed by atoms with van der Waals surface area (Å²) in [5, 5.41) is 3.96. The van der Waals surface area contributed by atoms with Crippen LogP contribution in [0.4, 0.5) is 0 Å². The minimum absolute atomic E-state index is 0.169. The number of carbonyl (C=O) groups is 1. The SMILES string of the molecule is CN(Cc1nc2ccc(Cl)cc2[nH]1)C(=O)C[C@@H]1CCNC1. The maximum atomic E-state index is 12.2. The fourth-order valence-electron chi connectivity index (χ4n) is 2.71. The van der Waals surface area contributed by atoms with Gasteiger partial charge in [0.25, 0.3) is 0 Å². The second kappa shape index (κ2) is 6.03. The summed E-state index contributed by atoms with van der Waals surface area (Å²) >= 11 is 5.96. The number of imidazole rings is 1. The number of hydrogen-bond acceptors (Lipinski definition) is 3. The third-order valence-electron chi connectivity index (χ3n) is 3.93. The molecule has 1 aliphatic heterocycles. The molecular formula is C15H19ClN4O. The minimum atomic E-state index is 0.169. The van der Waals surface area contributed by atoms with Gasteiger partial charge in [0.2, 0.25) is 5.91 Å². The Balaban J connectivity index is 1.64. The van der Waals surface area contributed by atoms with Gasteiger partial charge in [0.05, 0.1) is 17.6 Å². The molecule has 1 aromatic heterocycles. The minimum Gasteiger partial charge on any atom is -0.340 e. The molecule has 2 N–H and O–H groups in total. The van der Waals surface area contributed by atoms with E-state index in [9.17, 15) is 4.79 Å². The number of rotatable bonds is 4. The zero-order valence-electron chi connectivity index (χ0n) is 12.0. The Hall–Kier alpha value is -1.59. The van der Waals surface area contributed by atoms with E-state index in [-0.39, 0.29) is 5.91 Å². The molecule has 1 atom stereocenters. The van der Waals surface area contributed by atoms with Crippen molar-refractivity contribution in [2.45, 2.75) is 19.4 Å². The molecule has 5 nitrogen and oxygen atoms in total. The smallest absolute Gasteiger partial charge is 0.223 e. The highest BCUT2D eigenvalue weighted by atomic mass is 35.5. The van der Waals surface area contributed by atoms with Crippen molar-refractivity contribution in [3.63, 3.8) is 0 Å². The Bertz CT molecular complexity index is 648. The van der Waals surface area contributed by atoms with Gasteiger partial charge < -0.3 is 15.2 Å². The van der Waals surface area contributed by atoms with Gasteiger partial charge in [0.15, 0.2) is 0 Å². The van der Waals surface area contributed by atoms with Crippen LogP contribution < -0.4 is 5.32 Å². The molecule has 1 fully saturated rings. The number of aromatic amines is 1. The molecule has 1 saturated heterocycles. The van der Waals surface area contributed by atoms with Gasteiger partial charge in [-0.3, -0.25) is 4.79 Å². The van der Waals surface area contributed by atoms with Crippen LogP contribution in [0, 0.1) is 5.92 Å². The Morgan fingerprint density at radius 1 is 1.52 bits per heavy atom. The van der Waals surface area contributed by atoms with Crippen molar-refractivity contribution < 1.29 is 4.79 Å². The fourth-order valence-corrected chi connectivity index (χ4v) is 2.89. The molecule has 6 heteroatoms. The molecule has 0 saturated carbocycles. The van der Waals surface area contributed by atoms with Crippen molar-refractivity contribution in [1.82, 2.24) is 20.2 Å². The van der Waals surface area contributed by atoms with Crippen molar-refractivity contribution in [3.05, 3.63) is 29.0 Å². The Morgan fingerprint density at radius 3 is 3.14 bits per heavy atom. The summed E-state index contributed by atoms with van der Waals surface area (Å²) in [6, 6.07) is 5.54. The molecule has 1 aliphatic rings. The van der Waals surface area contributed by atoms with E-state index in [4.69, 9.17) is 11.6 Å². The van der Waals surface area contributed by atoms with Crippen molar-refractivity contribution in [2.75, 3.05) is 20.1 Å². The van der Waals surface area contributed by atoms with E-state index < -0.39 is 0 Å². The normalized spacial score (nSPS) is 18.3. The summed E-state index contributed by atoms with van der Waals surface area (Å²) in [6.07, 6.45) is 1.69. The average Bonchev–Trinajstić information content (AvgIpc) is 3.07. The molecule has 21 heavy (non-hydrogen) atoms. The third-order valence-corrected chi connectivity index (χ3v) is 4.17. The van der Waals surface area contributed by atoms with Gasteiger partial charge in [-0.1, -0.05) is 11.6 Å². The summed E-state index contributed by atoms with van der Waals surface area (Å²) in [5.41, 5.74) is 1.77. The van der Waals surface area contributed by atoms with Gasteiger partial charge in [-0.25, -0.2) is 4.98 Å². The molecule has 112 valence electrons. The van der Waals surface area contributed by atoms with Crippen LogP contribution in [0.2, 0.25) is 5.02 Å². The lowest BCUT2D eigenvalue weighted by Gasteiger charge is -2.17. The van der Waals surface area contributed by atoms with Crippen LogP contribution in [0.3, 0.4) is 0 Å². The van der Waals surface area contributed by atoms with Gasteiger partial charge in [-0.05, 0) is 43.6 Å². The molecule has 1 amide bonds. The molecule has 2 heterocycles. The Morgan fingerprint density at radius 2 is 2.38 bits per heavy atom. The highest BCUT2D eigenvalue weighted by molar-refractivity contribution is 6.31. The monoisotopic (exact) mass is 306 g/mol. The number of hydrogen-bond donors (Lipinski definition) is 2. The lowest BCUT2D eigenvalue weighted by atomic mass is 10.0. The fraction of sp³-hybridized carbons (Fsp3) is 0.467. The van der Waals surface area contributed by atoms with Gasteiger partial charge >= 0.3 is 0 Å². The number of aromatic nitrogens is 2. The van der Waals surface area contributed by atoms with Crippen LogP contribution in [0.15, 0.2) is 18.2 Å². The van der Waals surface area contributed by atoms with E-state index in [1.165, 1.54) is 0 Å². The predicted molar refractivity (Wildman–Crippen MR) is 83.2 cm³/mol. The van der Waals surface area contributed by atoms with E-state index in [0.717, 1.165) is 36.4 Å². The molecule has 1 aromatic carbocycles. The van der Waals surface area contributed by atoms with Gasteiger partial charge in [-0.15, -0.1) is 0 Å². The number of H-pyrrole nitrogens is 1. The second-order valence-electron chi connectivity index (χ2n) is 5.66. The molecule has 0 unspecified atom stereocenters. The van der Waals surface area contributed by atoms with Crippen molar-refractivity contribution in [2.24, 2.45) is 5.92 Å². The van der Waals surface area contributed by atoms with Crippen LogP contribution in [0.1, 0.15) is 18.7 Å². The van der Waals surface area contributed by atoms with Crippen molar-refractivity contribution in [3.8, 4) is 0 Å². The maximum absolute atomic E-state index is 12.2. The summed E-state index contributed by atoms with van der Waals surface area (Å²) in [7, 11) is 1.82. The summed E-state index contributed by atoms with van der Waals surface area (Å²) < 4.78 is 0. The van der Waals surface area contributed by atoms with Gasteiger partial charge in [0, 0.05) is 18.5 Å². The van der Waals surface area contributed by atoms with E-state index in [1.54, 1.807) is 4.90 Å². The molecule has 0 bridgehead atoms. The number of halogens is 1. The van der Waals surface area contributed by atoms with Crippen molar-refractivity contribution in [1.29, 1.82) is 0 Å². The Kier molecular flexibility index (Phi) is 4.12. The van der Waals surface area contributed by atoms with Crippen molar-refractivity contribution >= 4 is 28.5 Å². The summed E-state index contributed by atoms with van der Waals surface area (Å²) in [5.74, 6) is 1.42. The number of benzene rings is 1. The van der Waals surface area contributed by atoms with E-state index >= 15 is 0 Å². The van der Waals surface area contributed by atoms with E-state index in [2.05, 4.69) is 15.3 Å². The highest BCUT2D eigenvalue weighted by Crippen LogP contribution is 2.18. The first-order valence-electron chi connectivity index (χ1n) is 7.20. The second-order valence-corrected chi connectivity index (χ2v) is 6.09. The molecule has 0 radical (unpaired) electrons. The quantitative estimate of drug-likeness (QED) is 0.910. The summed E-state index contributed by atoms with van der Waals surface area (Å²) in [4.78, 5) is 21.6. The molecule has 0 aliphatic carbocycles. The maximum Gasteiger partial charge on any atom is 0.223 e. The molecule has 2 aromatic rings. The first kappa shape index (κ1) is 14.4. The van der Waals surface area contributed by atoms with Crippen LogP contribution in [0.25, 0.3) is 11.0 Å². The number of carbonyl (C=O) groups excluding carboxylic acids is 1. The number of nitrogens with one attached hydrogen (secondary N) is 2. The highest BCUT2D eigenvalue weighted by Gasteiger charge is 2.20. The average molecular weight is 307 g/mol. The Labute approximate surface area is 128 Å². The van der Waals surface area contributed by atoms with Gasteiger partial charge in [0.1, 0.15) is 5.82 Å². The first-order chi connectivity index (χ1) is 10.1. The van der Waals surface area contributed by atoms with Crippen LogP contribution in [-0.4, -0.2) is 40.9 Å². The number of amides is 1. The van der Waals surface area contributed by atoms with Crippen LogP contribution in [0.5, 0.6) is 0 Å². The molecule has 3 rings (SSSR count). The van der Waals surface area contributed by atoms with E-state index in [0.29, 0.717) is 23.9 Å². The van der Waals surface area contributed by atoms with E-state index in [1.807, 2.05) is 25.2 Å². The lowest BCUT2D eigenvalue weighted by molar-refractivity contribution is -0.131. The van der Waals surface area contributed by atoms with Crippen LogP contribution in [-0.2, 0) is 11.3 Å². The predicted octanol–water partition coefficient (Wildman–Crippen LogP) is 2.17. The standard InChI is InChI=1S/C15H19ClN4O/c1-20(15(21)6-10-4-5-17-8-10)9-14-18-12-3-2-11(16)7-13(12)19-14/h2-3,7,10,17H,4-6,8-9H2,1H3,(H,18,19)/t10-/m0/s1. The van der Waals surface area contributed by atoms with Crippen LogP contribution >= 0.6 is 11.6 Å². The zero-order valence-corrected chi connectivity index (χ0v) is 12.8. The molecular weight excluding hydrogens is 288 g/mol. The topological polar surface area (TPSA) is 61.0 Å². The third kappa shape index (κ3) is 3.36. The summed E-state index contributed by atoms with van der Waals surface area (Å²) in [6.45, 7) is 2.46. The molecule has 0 spiro atoms. The largest absolute Gasteiger partial charge is 0.340 e. The first-order valence-corrected chi connectivity index (χ1v) is 7.58. The zero-order chi connectivity index (χ0) is 14.8. The van der Waals surface area contributed by atoms with Gasteiger partial charge in [-0.2, -0.15) is 0 Å². The lowest BCUT2D eigenvalue weighted by Crippen LogP contribution is -2.29.